The molecule has 0 aromatic rings. The van der Waals surface area contributed by atoms with Crippen molar-refractivity contribution < 1.29 is 28.8 Å². The fourth-order valence-electron chi connectivity index (χ4n) is 1.38. The number of rotatable bonds is 1. The Balaban J connectivity index is 0.000001000. The summed E-state index contributed by atoms with van der Waals surface area (Å²) in [5, 5.41) is 0. The van der Waals surface area contributed by atoms with Gasteiger partial charge in [0.05, 0.1) is 0 Å². The van der Waals surface area contributed by atoms with Crippen LogP contribution in [0.1, 0.15) is 20.3 Å². The minimum atomic E-state index is -0.458. The van der Waals surface area contributed by atoms with E-state index in [1.165, 1.54) is 22.6 Å². The van der Waals surface area contributed by atoms with Crippen LogP contribution in [0.15, 0.2) is 21.1 Å². The molecule has 0 atom stereocenters. The third-order valence-corrected chi connectivity index (χ3v) is 10.0. The molecule has 0 fully saturated rings. The van der Waals surface area contributed by atoms with Crippen molar-refractivity contribution in [1.29, 1.82) is 0 Å². The van der Waals surface area contributed by atoms with Crippen LogP contribution >= 0.6 is 0 Å². The molecular formula is C7H15ClSi2Ti. The summed E-state index contributed by atoms with van der Waals surface area (Å²) < 4.78 is 1.91. The summed E-state index contributed by atoms with van der Waals surface area (Å²) in [4.78, 5) is 0. The second-order valence-corrected chi connectivity index (χ2v) is 27.9. The molecule has 0 nitrogen and oxygen atoms in total. The summed E-state index contributed by atoms with van der Waals surface area (Å²) >= 11 is -0.458. The third kappa shape index (κ3) is 2.70. The van der Waals surface area contributed by atoms with Gasteiger partial charge < -0.3 is 12.4 Å². The van der Waals surface area contributed by atoms with E-state index < -0.39 is 16.4 Å². The minimum absolute atomic E-state index is 0. The van der Waals surface area contributed by atoms with Crippen LogP contribution in [-0.2, 0) is 16.4 Å². The Morgan fingerprint density at radius 2 is 1.91 bits per heavy atom. The van der Waals surface area contributed by atoms with Crippen LogP contribution in [0.5, 0.6) is 0 Å². The average molecular weight is 239 g/mol. The molecule has 62 valence electrons. The largest absolute Gasteiger partial charge is 1.00 e. The predicted octanol–water partition coefficient (Wildman–Crippen LogP) is -3.21. The smallest absolute Gasteiger partial charge is 1.00 e. The maximum Gasteiger partial charge on any atom is -1.00 e. The first-order valence-electron chi connectivity index (χ1n) is 3.80. The quantitative estimate of drug-likeness (QED) is 0.422. The van der Waals surface area contributed by atoms with Gasteiger partial charge in [-0.3, -0.25) is 0 Å². The van der Waals surface area contributed by atoms with Crippen LogP contribution in [0, 0.1) is 0 Å². The number of hydrogen-bond donors (Lipinski definition) is 0. The van der Waals surface area contributed by atoms with Crippen molar-refractivity contribution in [1.82, 2.24) is 0 Å². The summed E-state index contributed by atoms with van der Waals surface area (Å²) in [6.07, 6.45) is 3.74. The molecule has 0 unspecified atom stereocenters. The second-order valence-electron chi connectivity index (χ2n) is 3.19. The standard InChI is InChI=1S/C7H9.ClH.2H3Si.Ti/c1-6-4-3-5-7(6)2;;;;/h4H,3H2,1-2H3;1H;2*1H3;/q;;;;+1/p-1. The van der Waals surface area contributed by atoms with E-state index in [-0.39, 0.29) is 12.4 Å². The summed E-state index contributed by atoms with van der Waals surface area (Å²) in [7, 11) is 3.06. The number of allylic oxidation sites excluding steroid dienone is 4. The molecule has 0 saturated heterocycles. The second kappa shape index (κ2) is 4.83. The monoisotopic (exact) mass is 238 g/mol. The van der Waals surface area contributed by atoms with E-state index in [1.54, 1.807) is 11.1 Å². The zero-order valence-electron chi connectivity index (χ0n) is 7.66. The molecule has 11 heavy (non-hydrogen) atoms. The van der Waals surface area contributed by atoms with Gasteiger partial charge in [0.2, 0.25) is 0 Å². The Bertz CT molecular complexity index is 208. The van der Waals surface area contributed by atoms with Crippen molar-refractivity contribution in [2.75, 3.05) is 0 Å². The van der Waals surface area contributed by atoms with Crippen molar-refractivity contribution in [2.45, 2.75) is 20.3 Å². The topological polar surface area (TPSA) is 0 Å². The van der Waals surface area contributed by atoms with Gasteiger partial charge in [0.1, 0.15) is 0 Å². The molecule has 0 aliphatic heterocycles. The molecule has 0 aromatic heterocycles. The first kappa shape index (κ1) is 11.9. The zero-order chi connectivity index (χ0) is 7.72. The van der Waals surface area contributed by atoms with Gasteiger partial charge >= 0.3 is 74.0 Å². The Morgan fingerprint density at radius 1 is 1.36 bits per heavy atom. The third-order valence-electron chi connectivity index (χ3n) is 2.26. The molecule has 0 radical (unpaired) electrons. The Labute approximate surface area is 86.0 Å². The van der Waals surface area contributed by atoms with E-state index in [9.17, 15) is 0 Å². The number of hydrogen-bond acceptors (Lipinski definition) is 0. The Morgan fingerprint density at radius 3 is 2.09 bits per heavy atom. The normalized spacial score (nSPS) is 16.7. The Hall–Kier alpha value is 0.918. The van der Waals surface area contributed by atoms with Crippen LogP contribution in [0.25, 0.3) is 0 Å². The van der Waals surface area contributed by atoms with E-state index in [4.69, 9.17) is 0 Å². The maximum atomic E-state index is 2.41. The minimum Gasteiger partial charge on any atom is -1.00 e. The van der Waals surface area contributed by atoms with Crippen molar-refractivity contribution >= 4 is 16.2 Å². The van der Waals surface area contributed by atoms with Crippen molar-refractivity contribution in [3.8, 4) is 0 Å². The van der Waals surface area contributed by atoms with Crippen molar-refractivity contribution in [2.24, 2.45) is 0 Å². The molecule has 0 N–H and O–H groups in total. The molecule has 1 rings (SSSR count). The van der Waals surface area contributed by atoms with Gasteiger partial charge in [-0.25, -0.2) is 0 Å². The van der Waals surface area contributed by atoms with E-state index in [1.807, 2.05) is 3.88 Å². The van der Waals surface area contributed by atoms with Gasteiger partial charge in [-0.2, -0.15) is 0 Å². The van der Waals surface area contributed by atoms with E-state index >= 15 is 0 Å². The summed E-state index contributed by atoms with van der Waals surface area (Å²) in [5.41, 5.74) is 3.23. The van der Waals surface area contributed by atoms with Crippen LogP contribution in [0.3, 0.4) is 0 Å². The molecule has 0 spiro atoms. The molecule has 0 bridgehead atoms. The van der Waals surface area contributed by atoms with Gasteiger partial charge in [0, 0.05) is 0 Å². The van der Waals surface area contributed by atoms with Crippen molar-refractivity contribution in [3.63, 3.8) is 0 Å². The predicted molar refractivity (Wildman–Crippen MR) is 51.0 cm³/mol. The molecule has 0 heterocycles. The molecule has 0 saturated carbocycles. The SMILES string of the molecule is CC1=CC[C]([Ti+]([SiH3])[SiH3])=C1C.[Cl-]. The zero-order valence-corrected chi connectivity index (χ0v) is 14.0. The molecule has 1 aliphatic carbocycles. The molecular weight excluding hydrogens is 224 g/mol. The van der Waals surface area contributed by atoms with Crippen LogP contribution in [-0.4, -0.2) is 16.2 Å². The number of halogens is 1. The van der Waals surface area contributed by atoms with E-state index in [0.717, 1.165) is 0 Å². The van der Waals surface area contributed by atoms with Gasteiger partial charge in [-0.05, 0) is 0 Å². The Kier molecular flexibility index (Phi) is 5.23. The fraction of sp³-hybridized carbons (Fsp3) is 0.429. The summed E-state index contributed by atoms with van der Waals surface area (Å²) in [5.74, 6) is 0. The van der Waals surface area contributed by atoms with Gasteiger partial charge in [0.15, 0.2) is 0 Å². The summed E-state index contributed by atoms with van der Waals surface area (Å²) in [6, 6.07) is 0. The average Bonchev–Trinajstić information content (AvgIpc) is 2.14. The molecule has 0 amide bonds. The van der Waals surface area contributed by atoms with Crippen molar-refractivity contribution in [3.05, 3.63) is 21.1 Å². The van der Waals surface area contributed by atoms with Gasteiger partial charge in [-0.1, -0.05) is 0 Å². The first-order valence-corrected chi connectivity index (χ1v) is 16.0. The van der Waals surface area contributed by atoms with Gasteiger partial charge in [-0.15, -0.1) is 0 Å². The van der Waals surface area contributed by atoms with Gasteiger partial charge in [0.25, 0.3) is 0 Å². The fourth-order valence-corrected chi connectivity index (χ4v) is 8.43. The molecule has 4 heteroatoms. The summed E-state index contributed by atoms with van der Waals surface area (Å²) in [6.45, 7) is 4.57. The van der Waals surface area contributed by atoms with E-state index in [2.05, 4.69) is 19.9 Å². The van der Waals surface area contributed by atoms with Crippen LogP contribution in [0.2, 0.25) is 0 Å². The van der Waals surface area contributed by atoms with Crippen LogP contribution in [0.4, 0.5) is 0 Å². The first-order chi connectivity index (χ1) is 4.63. The molecule has 1 aliphatic rings. The molecule has 0 aromatic carbocycles. The van der Waals surface area contributed by atoms with Crippen LogP contribution < -0.4 is 12.4 Å². The van der Waals surface area contributed by atoms with E-state index in [0.29, 0.717) is 0 Å². The maximum absolute atomic E-state index is 2.41.